The fourth-order valence-electron chi connectivity index (χ4n) is 1.86. The standard InChI is InChI=1S/C15H19F2NO/c1-11(2)8-18(10-19)9-12(3)6-13-4-5-14(16)7-15(13)17/h4-7,10-11H,8-9H2,1-3H3/b12-6+. The van der Waals surface area contributed by atoms with Gasteiger partial charge in [-0.2, -0.15) is 0 Å². The lowest BCUT2D eigenvalue weighted by Gasteiger charge is -2.19. The van der Waals surface area contributed by atoms with Gasteiger partial charge in [-0.15, -0.1) is 0 Å². The van der Waals surface area contributed by atoms with Crippen molar-refractivity contribution in [2.75, 3.05) is 13.1 Å². The zero-order valence-electron chi connectivity index (χ0n) is 11.5. The highest BCUT2D eigenvalue weighted by molar-refractivity contribution is 5.55. The van der Waals surface area contributed by atoms with Crippen molar-refractivity contribution >= 4 is 12.5 Å². The third-order valence-corrected chi connectivity index (χ3v) is 2.57. The molecule has 0 aromatic heterocycles. The van der Waals surface area contributed by atoms with Crippen LogP contribution in [0, 0.1) is 17.6 Å². The molecular formula is C15H19F2NO. The van der Waals surface area contributed by atoms with Gasteiger partial charge in [0.1, 0.15) is 11.6 Å². The molecule has 0 N–H and O–H groups in total. The van der Waals surface area contributed by atoms with Crippen molar-refractivity contribution in [3.8, 4) is 0 Å². The van der Waals surface area contributed by atoms with Crippen molar-refractivity contribution in [2.45, 2.75) is 20.8 Å². The van der Waals surface area contributed by atoms with Crippen LogP contribution in [0.25, 0.3) is 6.08 Å². The maximum atomic E-state index is 13.5. The molecule has 1 aromatic carbocycles. The second kappa shape index (κ2) is 7.02. The molecule has 0 aliphatic heterocycles. The molecule has 1 rings (SSSR count). The van der Waals surface area contributed by atoms with E-state index in [-0.39, 0.29) is 0 Å². The molecule has 0 fully saturated rings. The highest BCUT2D eigenvalue weighted by Crippen LogP contribution is 2.14. The SMILES string of the molecule is C/C(=C\c1ccc(F)cc1F)CN(C=O)CC(C)C. The zero-order valence-corrected chi connectivity index (χ0v) is 11.5. The molecule has 2 nitrogen and oxygen atoms in total. The van der Waals surface area contributed by atoms with Crippen LogP contribution in [0.2, 0.25) is 0 Å². The van der Waals surface area contributed by atoms with Gasteiger partial charge >= 0.3 is 0 Å². The van der Waals surface area contributed by atoms with Gasteiger partial charge in [0.25, 0.3) is 0 Å². The molecule has 1 amide bonds. The smallest absolute Gasteiger partial charge is 0.210 e. The Morgan fingerprint density at radius 2 is 2.05 bits per heavy atom. The van der Waals surface area contributed by atoms with Gasteiger partial charge in [0.05, 0.1) is 0 Å². The predicted molar refractivity (Wildman–Crippen MR) is 72.5 cm³/mol. The van der Waals surface area contributed by atoms with Crippen molar-refractivity contribution in [1.82, 2.24) is 4.90 Å². The monoisotopic (exact) mass is 267 g/mol. The average molecular weight is 267 g/mol. The summed E-state index contributed by atoms with van der Waals surface area (Å²) in [4.78, 5) is 12.6. The van der Waals surface area contributed by atoms with Crippen molar-refractivity contribution in [2.24, 2.45) is 5.92 Å². The van der Waals surface area contributed by atoms with Crippen LogP contribution in [0.15, 0.2) is 23.8 Å². The number of carbonyl (C=O) groups excluding carboxylic acids is 1. The lowest BCUT2D eigenvalue weighted by atomic mass is 10.1. The molecule has 0 aliphatic rings. The second-order valence-electron chi connectivity index (χ2n) is 5.09. The highest BCUT2D eigenvalue weighted by atomic mass is 19.1. The van der Waals surface area contributed by atoms with Crippen LogP contribution in [-0.2, 0) is 4.79 Å². The number of halogens is 2. The number of hydrogen-bond acceptors (Lipinski definition) is 1. The summed E-state index contributed by atoms with van der Waals surface area (Å²) in [5.74, 6) is -0.817. The van der Waals surface area contributed by atoms with Crippen LogP contribution in [0.4, 0.5) is 8.78 Å². The maximum Gasteiger partial charge on any atom is 0.210 e. The minimum absolute atomic E-state index is 0.328. The lowest BCUT2D eigenvalue weighted by Crippen LogP contribution is -2.27. The van der Waals surface area contributed by atoms with Crippen LogP contribution < -0.4 is 0 Å². The Labute approximate surface area is 112 Å². The number of nitrogens with zero attached hydrogens (tertiary/aromatic N) is 1. The molecule has 1 aromatic rings. The van der Waals surface area contributed by atoms with Gasteiger partial charge < -0.3 is 4.90 Å². The van der Waals surface area contributed by atoms with E-state index in [1.165, 1.54) is 12.1 Å². The minimum Gasteiger partial charge on any atom is -0.341 e. The quantitative estimate of drug-likeness (QED) is 0.723. The van der Waals surface area contributed by atoms with Crippen molar-refractivity contribution in [3.63, 3.8) is 0 Å². The van der Waals surface area contributed by atoms with E-state index in [9.17, 15) is 13.6 Å². The van der Waals surface area contributed by atoms with Crippen LogP contribution in [0.1, 0.15) is 26.3 Å². The molecule has 0 unspecified atom stereocenters. The van der Waals surface area contributed by atoms with Gasteiger partial charge in [-0.3, -0.25) is 4.79 Å². The Balaban J connectivity index is 2.78. The summed E-state index contributed by atoms with van der Waals surface area (Å²) < 4.78 is 26.3. The van der Waals surface area contributed by atoms with E-state index in [4.69, 9.17) is 0 Å². The minimum atomic E-state index is -0.596. The van der Waals surface area contributed by atoms with E-state index in [0.717, 1.165) is 18.0 Å². The number of rotatable bonds is 6. The largest absolute Gasteiger partial charge is 0.341 e. The van der Waals surface area contributed by atoms with Gasteiger partial charge in [-0.1, -0.05) is 25.5 Å². The second-order valence-corrected chi connectivity index (χ2v) is 5.09. The first-order chi connectivity index (χ1) is 8.92. The summed E-state index contributed by atoms with van der Waals surface area (Å²) in [6, 6.07) is 3.46. The molecule has 0 atom stereocenters. The molecule has 4 heteroatoms. The number of carbonyl (C=O) groups is 1. The van der Waals surface area contributed by atoms with Gasteiger partial charge in [0.15, 0.2) is 0 Å². The van der Waals surface area contributed by atoms with Crippen LogP contribution in [0.3, 0.4) is 0 Å². The molecule has 0 aliphatic carbocycles. The Hall–Kier alpha value is -1.71. The fourth-order valence-corrected chi connectivity index (χ4v) is 1.86. The van der Waals surface area contributed by atoms with E-state index in [1.807, 2.05) is 20.8 Å². The molecule has 0 heterocycles. The molecule has 104 valence electrons. The normalized spacial score (nSPS) is 11.8. The molecule has 19 heavy (non-hydrogen) atoms. The van der Waals surface area contributed by atoms with Crippen LogP contribution in [-0.4, -0.2) is 24.4 Å². The van der Waals surface area contributed by atoms with E-state index in [1.54, 1.807) is 11.0 Å². The molecule has 0 saturated heterocycles. The number of hydrogen-bond donors (Lipinski definition) is 0. The lowest BCUT2D eigenvalue weighted by molar-refractivity contribution is -0.118. The molecule has 0 saturated carbocycles. The molecule has 0 spiro atoms. The number of amides is 1. The van der Waals surface area contributed by atoms with E-state index in [0.29, 0.717) is 24.6 Å². The summed E-state index contributed by atoms with van der Waals surface area (Å²) in [5, 5.41) is 0. The van der Waals surface area contributed by atoms with E-state index in [2.05, 4.69) is 0 Å². The average Bonchev–Trinajstić information content (AvgIpc) is 2.31. The third-order valence-electron chi connectivity index (χ3n) is 2.57. The van der Waals surface area contributed by atoms with Gasteiger partial charge in [-0.25, -0.2) is 8.78 Å². The summed E-state index contributed by atoms with van der Waals surface area (Å²) in [5.41, 5.74) is 1.17. The Morgan fingerprint density at radius 3 is 2.58 bits per heavy atom. The Bertz CT molecular complexity index is 469. The molecule has 0 radical (unpaired) electrons. The summed E-state index contributed by atoms with van der Waals surface area (Å²) >= 11 is 0. The summed E-state index contributed by atoms with van der Waals surface area (Å²) in [6.07, 6.45) is 2.42. The van der Waals surface area contributed by atoms with Crippen molar-refractivity contribution < 1.29 is 13.6 Å². The zero-order chi connectivity index (χ0) is 14.4. The van der Waals surface area contributed by atoms with Crippen molar-refractivity contribution in [3.05, 3.63) is 41.0 Å². The summed E-state index contributed by atoms with van der Waals surface area (Å²) in [7, 11) is 0. The Morgan fingerprint density at radius 1 is 1.37 bits per heavy atom. The topological polar surface area (TPSA) is 20.3 Å². The van der Waals surface area contributed by atoms with Gasteiger partial charge in [-0.05, 0) is 25.0 Å². The Kier molecular flexibility index (Phi) is 5.67. The first-order valence-corrected chi connectivity index (χ1v) is 6.24. The predicted octanol–water partition coefficient (Wildman–Crippen LogP) is 3.48. The van der Waals surface area contributed by atoms with Crippen LogP contribution in [0.5, 0.6) is 0 Å². The fraction of sp³-hybridized carbons (Fsp3) is 0.400. The number of benzene rings is 1. The maximum absolute atomic E-state index is 13.5. The summed E-state index contributed by atoms with van der Waals surface area (Å²) in [6.45, 7) is 6.96. The van der Waals surface area contributed by atoms with Crippen LogP contribution >= 0.6 is 0 Å². The molecule has 0 bridgehead atoms. The first-order valence-electron chi connectivity index (χ1n) is 6.24. The third kappa shape index (κ3) is 5.20. The van der Waals surface area contributed by atoms with Gasteiger partial charge in [0.2, 0.25) is 6.41 Å². The van der Waals surface area contributed by atoms with Crippen molar-refractivity contribution in [1.29, 1.82) is 0 Å². The van der Waals surface area contributed by atoms with E-state index >= 15 is 0 Å². The van der Waals surface area contributed by atoms with Gasteiger partial charge in [0, 0.05) is 24.7 Å². The first kappa shape index (κ1) is 15.3. The highest BCUT2D eigenvalue weighted by Gasteiger charge is 2.06. The van der Waals surface area contributed by atoms with E-state index < -0.39 is 11.6 Å². The molecular weight excluding hydrogens is 248 g/mol.